The van der Waals surface area contributed by atoms with Crippen LogP contribution in [0.4, 0.5) is 0 Å². The van der Waals surface area contributed by atoms with Crippen LogP contribution in [-0.2, 0) is 6.61 Å². The third-order valence-corrected chi connectivity index (χ3v) is 3.52. The molecule has 20 heavy (non-hydrogen) atoms. The number of carbonyl (C=O) groups is 1. The van der Waals surface area contributed by atoms with Gasteiger partial charge in [-0.3, -0.25) is 0 Å². The Morgan fingerprint density at radius 2 is 1.80 bits per heavy atom. The van der Waals surface area contributed by atoms with Crippen molar-refractivity contribution in [2.75, 3.05) is 0 Å². The molecule has 0 aromatic heterocycles. The van der Waals surface area contributed by atoms with Crippen molar-refractivity contribution < 1.29 is 14.6 Å². The molecule has 0 bridgehead atoms. The van der Waals surface area contributed by atoms with E-state index in [4.69, 9.17) is 44.6 Å². The fourth-order valence-corrected chi connectivity index (χ4v) is 2.08. The van der Waals surface area contributed by atoms with Gasteiger partial charge in [0.1, 0.15) is 17.9 Å². The van der Waals surface area contributed by atoms with E-state index in [0.29, 0.717) is 15.1 Å². The fourth-order valence-electron chi connectivity index (χ4n) is 1.59. The molecule has 0 unspecified atom stereocenters. The monoisotopic (exact) mass is 330 g/mol. The van der Waals surface area contributed by atoms with Gasteiger partial charge in [-0.25, -0.2) is 4.79 Å². The molecule has 1 N–H and O–H groups in total. The number of carboxylic acids is 1. The number of rotatable bonds is 4. The van der Waals surface area contributed by atoms with Gasteiger partial charge >= 0.3 is 5.97 Å². The fraction of sp³-hybridized carbons (Fsp3) is 0.0714. The summed E-state index contributed by atoms with van der Waals surface area (Å²) in [4.78, 5) is 11.1. The lowest BCUT2D eigenvalue weighted by molar-refractivity contribution is 0.0692. The topological polar surface area (TPSA) is 46.5 Å². The molecule has 0 fully saturated rings. The Morgan fingerprint density at radius 3 is 2.45 bits per heavy atom. The van der Waals surface area contributed by atoms with Gasteiger partial charge < -0.3 is 9.84 Å². The second kappa shape index (κ2) is 6.35. The van der Waals surface area contributed by atoms with Gasteiger partial charge in [0.15, 0.2) is 0 Å². The third kappa shape index (κ3) is 3.57. The van der Waals surface area contributed by atoms with Crippen molar-refractivity contribution in [1.29, 1.82) is 0 Å². The summed E-state index contributed by atoms with van der Waals surface area (Å²) < 4.78 is 5.49. The Kier molecular flexibility index (Phi) is 4.76. The van der Waals surface area contributed by atoms with Crippen LogP contribution in [0.5, 0.6) is 5.75 Å². The average molecular weight is 332 g/mol. The van der Waals surface area contributed by atoms with E-state index in [9.17, 15) is 4.79 Å². The van der Waals surface area contributed by atoms with E-state index >= 15 is 0 Å². The highest BCUT2D eigenvalue weighted by Crippen LogP contribution is 2.26. The summed E-state index contributed by atoms with van der Waals surface area (Å²) in [6.45, 7) is 0.179. The van der Waals surface area contributed by atoms with Gasteiger partial charge in [0.2, 0.25) is 0 Å². The Hall–Kier alpha value is -1.42. The van der Waals surface area contributed by atoms with Crippen molar-refractivity contribution in [2.24, 2.45) is 0 Å². The highest BCUT2D eigenvalue weighted by Gasteiger charge is 2.12. The van der Waals surface area contributed by atoms with Crippen LogP contribution in [-0.4, -0.2) is 11.1 Å². The normalized spacial score (nSPS) is 10.3. The number of hydrogen-bond acceptors (Lipinski definition) is 2. The molecule has 0 heterocycles. The Bertz CT molecular complexity index is 656. The summed E-state index contributed by atoms with van der Waals surface area (Å²) >= 11 is 17.5. The summed E-state index contributed by atoms with van der Waals surface area (Å²) in [7, 11) is 0. The number of hydrogen-bond donors (Lipinski definition) is 1. The molecule has 104 valence electrons. The van der Waals surface area contributed by atoms with E-state index in [1.807, 2.05) is 0 Å². The summed E-state index contributed by atoms with van der Waals surface area (Å²) in [6.07, 6.45) is 0. The highest BCUT2D eigenvalue weighted by atomic mass is 35.5. The van der Waals surface area contributed by atoms with Gasteiger partial charge in [0, 0.05) is 5.02 Å². The summed E-state index contributed by atoms with van der Waals surface area (Å²) in [6, 6.07) is 9.50. The molecule has 0 amide bonds. The largest absolute Gasteiger partial charge is 0.488 e. The first-order valence-electron chi connectivity index (χ1n) is 5.57. The van der Waals surface area contributed by atoms with Crippen LogP contribution in [0, 0.1) is 0 Å². The van der Waals surface area contributed by atoms with Gasteiger partial charge in [-0.15, -0.1) is 0 Å². The van der Waals surface area contributed by atoms with Crippen LogP contribution in [0.3, 0.4) is 0 Å². The molecular formula is C14H9Cl3O3. The van der Waals surface area contributed by atoms with Gasteiger partial charge in [-0.1, -0.05) is 40.9 Å². The maximum atomic E-state index is 11.1. The third-order valence-electron chi connectivity index (χ3n) is 2.55. The number of aromatic carboxylic acids is 1. The molecule has 0 saturated carbocycles. The molecule has 0 saturated heterocycles. The summed E-state index contributed by atoms with van der Waals surface area (Å²) in [5, 5.41) is 10.3. The molecule has 0 aliphatic rings. The number of carboxylic acid groups (broad SMARTS) is 1. The van der Waals surface area contributed by atoms with Gasteiger partial charge in [-0.2, -0.15) is 0 Å². The second-order valence-corrected chi connectivity index (χ2v) is 5.23. The van der Waals surface area contributed by atoms with Crippen LogP contribution in [0.25, 0.3) is 0 Å². The first kappa shape index (κ1) is 15.0. The van der Waals surface area contributed by atoms with E-state index in [2.05, 4.69) is 0 Å². The smallest absolute Gasteiger partial charge is 0.339 e. The van der Waals surface area contributed by atoms with E-state index in [-0.39, 0.29) is 17.9 Å². The average Bonchev–Trinajstić information content (AvgIpc) is 2.41. The predicted octanol–water partition coefficient (Wildman–Crippen LogP) is 4.92. The lowest BCUT2D eigenvalue weighted by Crippen LogP contribution is -2.03. The number of halogens is 3. The summed E-state index contributed by atoms with van der Waals surface area (Å²) in [5.41, 5.74) is 0.795. The van der Waals surface area contributed by atoms with Crippen molar-refractivity contribution in [3.63, 3.8) is 0 Å². The maximum absolute atomic E-state index is 11.1. The molecule has 2 aromatic rings. The minimum absolute atomic E-state index is 0.0116. The zero-order valence-corrected chi connectivity index (χ0v) is 12.3. The van der Waals surface area contributed by atoms with E-state index in [1.165, 1.54) is 12.1 Å². The first-order valence-corrected chi connectivity index (χ1v) is 6.70. The van der Waals surface area contributed by atoms with Crippen LogP contribution < -0.4 is 4.74 Å². The van der Waals surface area contributed by atoms with E-state index in [1.54, 1.807) is 24.3 Å². The molecule has 0 atom stereocenters. The van der Waals surface area contributed by atoms with E-state index in [0.717, 1.165) is 5.56 Å². The Labute approximate surface area is 130 Å². The lowest BCUT2D eigenvalue weighted by Gasteiger charge is -2.10. The summed E-state index contributed by atoms with van der Waals surface area (Å²) in [5.74, 6) is -0.857. The molecule has 6 heteroatoms. The lowest BCUT2D eigenvalue weighted by atomic mass is 10.2. The van der Waals surface area contributed by atoms with Crippen molar-refractivity contribution in [3.05, 3.63) is 62.6 Å². The molecule has 0 radical (unpaired) electrons. The molecule has 2 aromatic carbocycles. The maximum Gasteiger partial charge on any atom is 0.339 e. The first-order chi connectivity index (χ1) is 9.47. The van der Waals surface area contributed by atoms with Crippen LogP contribution in [0.15, 0.2) is 36.4 Å². The SMILES string of the molecule is O=C(O)c1cc(Cl)ccc1OCc1ccc(Cl)c(Cl)c1. The zero-order chi connectivity index (χ0) is 14.7. The zero-order valence-electron chi connectivity index (χ0n) is 10.1. The Morgan fingerprint density at radius 1 is 1.05 bits per heavy atom. The minimum atomic E-state index is -1.10. The standard InChI is InChI=1S/C14H9Cl3O3/c15-9-2-4-13(10(6-9)14(18)19)20-7-8-1-3-11(16)12(17)5-8/h1-6H,7H2,(H,18,19). The van der Waals surface area contributed by atoms with Crippen LogP contribution >= 0.6 is 34.8 Å². The van der Waals surface area contributed by atoms with Crippen molar-refractivity contribution in [2.45, 2.75) is 6.61 Å². The van der Waals surface area contributed by atoms with Crippen molar-refractivity contribution in [1.82, 2.24) is 0 Å². The highest BCUT2D eigenvalue weighted by molar-refractivity contribution is 6.42. The molecule has 0 spiro atoms. The van der Waals surface area contributed by atoms with Crippen molar-refractivity contribution >= 4 is 40.8 Å². The molecule has 0 aliphatic heterocycles. The Balaban J connectivity index is 2.18. The van der Waals surface area contributed by atoms with Crippen molar-refractivity contribution in [3.8, 4) is 5.75 Å². The molecule has 3 nitrogen and oxygen atoms in total. The van der Waals surface area contributed by atoms with Crippen LogP contribution in [0.2, 0.25) is 15.1 Å². The van der Waals surface area contributed by atoms with Gasteiger partial charge in [-0.05, 0) is 35.9 Å². The predicted molar refractivity (Wildman–Crippen MR) is 79.2 cm³/mol. The number of benzene rings is 2. The van der Waals surface area contributed by atoms with Crippen LogP contribution in [0.1, 0.15) is 15.9 Å². The van der Waals surface area contributed by atoms with Gasteiger partial charge in [0.25, 0.3) is 0 Å². The molecule has 0 aliphatic carbocycles. The quantitative estimate of drug-likeness (QED) is 0.864. The van der Waals surface area contributed by atoms with E-state index < -0.39 is 5.97 Å². The number of ether oxygens (including phenoxy) is 1. The second-order valence-electron chi connectivity index (χ2n) is 3.98. The molecule has 2 rings (SSSR count). The minimum Gasteiger partial charge on any atom is -0.488 e. The van der Waals surface area contributed by atoms with Gasteiger partial charge in [0.05, 0.1) is 10.0 Å². The molecular weight excluding hydrogens is 323 g/mol.